The number of hydrogen-bond acceptors (Lipinski definition) is 4. The molecule has 1 fully saturated rings. The number of amides is 1. The number of nitrogens with two attached hydrogens (primary N) is 1. The van der Waals surface area contributed by atoms with Crippen molar-refractivity contribution in [3.63, 3.8) is 0 Å². The maximum atomic E-state index is 11.3. The summed E-state index contributed by atoms with van der Waals surface area (Å²) in [5.74, 6) is 0.669. The monoisotopic (exact) mass is 273 g/mol. The first kappa shape index (κ1) is 12.9. The number of nitrogens with zero attached hydrogens (tertiary/aromatic N) is 3. The summed E-state index contributed by atoms with van der Waals surface area (Å²) in [5, 5.41) is 3.18. The van der Waals surface area contributed by atoms with Crippen molar-refractivity contribution in [1.29, 1.82) is 0 Å². The lowest BCUT2D eigenvalue weighted by Gasteiger charge is -2.17. The summed E-state index contributed by atoms with van der Waals surface area (Å²) in [5.41, 5.74) is 7.45. The number of rotatable bonds is 4. The number of carbonyl (C=O) groups is 1. The molecule has 1 aliphatic rings. The van der Waals surface area contributed by atoms with Gasteiger partial charge < -0.3 is 20.4 Å². The van der Waals surface area contributed by atoms with Gasteiger partial charge in [0.25, 0.3) is 0 Å². The van der Waals surface area contributed by atoms with Crippen molar-refractivity contribution < 1.29 is 4.79 Å². The molecule has 6 heteroatoms. The molecule has 1 saturated heterocycles. The number of hydrogen-bond donors (Lipinski definition) is 2. The van der Waals surface area contributed by atoms with E-state index in [4.69, 9.17) is 10.7 Å². The lowest BCUT2D eigenvalue weighted by atomic mass is 10.1. The zero-order chi connectivity index (χ0) is 14.1. The number of anilines is 1. The third kappa shape index (κ3) is 2.12. The molecule has 106 valence electrons. The van der Waals surface area contributed by atoms with Crippen LogP contribution in [0.25, 0.3) is 5.65 Å². The van der Waals surface area contributed by atoms with Crippen molar-refractivity contribution in [2.45, 2.75) is 13.0 Å². The average Bonchev–Trinajstić information content (AvgIpc) is 3.04. The average molecular weight is 273 g/mol. The molecule has 0 radical (unpaired) electrons. The molecule has 3 rings (SSSR count). The van der Waals surface area contributed by atoms with Crippen molar-refractivity contribution >= 4 is 17.4 Å². The van der Waals surface area contributed by atoms with Crippen molar-refractivity contribution in [3.8, 4) is 0 Å². The number of pyridine rings is 1. The summed E-state index contributed by atoms with van der Waals surface area (Å²) >= 11 is 0. The highest BCUT2D eigenvalue weighted by atomic mass is 16.1. The van der Waals surface area contributed by atoms with Crippen molar-refractivity contribution in [2.24, 2.45) is 11.7 Å². The number of nitrogens with one attached hydrogen (secondary N) is 1. The van der Waals surface area contributed by atoms with Gasteiger partial charge in [0.1, 0.15) is 5.65 Å². The van der Waals surface area contributed by atoms with Crippen LogP contribution in [0.4, 0.5) is 5.82 Å². The van der Waals surface area contributed by atoms with E-state index in [1.807, 2.05) is 31.4 Å². The van der Waals surface area contributed by atoms with Crippen LogP contribution < -0.4 is 16.0 Å². The maximum Gasteiger partial charge on any atom is 0.222 e. The van der Waals surface area contributed by atoms with Crippen LogP contribution in [0, 0.1) is 5.92 Å². The van der Waals surface area contributed by atoms with Crippen LogP contribution in [0.3, 0.4) is 0 Å². The second-order valence-corrected chi connectivity index (χ2v) is 5.18. The van der Waals surface area contributed by atoms with Crippen LogP contribution in [0.2, 0.25) is 0 Å². The Morgan fingerprint density at radius 3 is 3.10 bits per heavy atom. The summed E-state index contributed by atoms with van der Waals surface area (Å²) in [4.78, 5) is 18.2. The molecule has 0 bridgehead atoms. The van der Waals surface area contributed by atoms with Gasteiger partial charge in [0, 0.05) is 25.8 Å². The van der Waals surface area contributed by atoms with Crippen LogP contribution in [-0.2, 0) is 11.3 Å². The van der Waals surface area contributed by atoms with Gasteiger partial charge in [-0.05, 0) is 25.6 Å². The molecule has 1 amide bonds. The van der Waals surface area contributed by atoms with E-state index in [9.17, 15) is 4.79 Å². The summed E-state index contributed by atoms with van der Waals surface area (Å²) in [7, 11) is 1.92. The van der Waals surface area contributed by atoms with Gasteiger partial charge in [0.05, 0.1) is 11.6 Å². The molecule has 2 aromatic rings. The molecule has 1 atom stereocenters. The van der Waals surface area contributed by atoms with Crippen LogP contribution in [-0.4, -0.2) is 35.4 Å². The topological polar surface area (TPSA) is 75.7 Å². The SMILES string of the molecule is CNCc1c(N2CCC(C(N)=O)C2)nc2ccccn12. The molecule has 0 saturated carbocycles. The number of imidazole rings is 1. The van der Waals surface area contributed by atoms with E-state index in [1.54, 1.807) is 0 Å². The highest BCUT2D eigenvalue weighted by Crippen LogP contribution is 2.27. The van der Waals surface area contributed by atoms with E-state index in [0.717, 1.165) is 36.7 Å². The minimum Gasteiger partial charge on any atom is -0.369 e. The summed E-state index contributed by atoms with van der Waals surface area (Å²) in [6.07, 6.45) is 2.82. The Bertz CT molecular complexity index is 636. The molecule has 3 heterocycles. The maximum absolute atomic E-state index is 11.3. The lowest BCUT2D eigenvalue weighted by Crippen LogP contribution is -2.28. The summed E-state index contributed by atoms with van der Waals surface area (Å²) in [6.45, 7) is 2.22. The summed E-state index contributed by atoms with van der Waals surface area (Å²) in [6, 6.07) is 5.96. The zero-order valence-electron chi connectivity index (χ0n) is 11.5. The third-order valence-corrected chi connectivity index (χ3v) is 3.84. The van der Waals surface area contributed by atoms with Gasteiger partial charge in [-0.25, -0.2) is 4.98 Å². The molecule has 2 aromatic heterocycles. The zero-order valence-corrected chi connectivity index (χ0v) is 11.5. The minimum atomic E-state index is -0.216. The Morgan fingerprint density at radius 1 is 1.55 bits per heavy atom. The van der Waals surface area contributed by atoms with Gasteiger partial charge in [-0.15, -0.1) is 0 Å². The number of primary amides is 1. The van der Waals surface area contributed by atoms with Crippen molar-refractivity contribution in [1.82, 2.24) is 14.7 Å². The smallest absolute Gasteiger partial charge is 0.222 e. The van der Waals surface area contributed by atoms with Crippen LogP contribution in [0.1, 0.15) is 12.1 Å². The molecule has 1 unspecified atom stereocenters. The van der Waals surface area contributed by atoms with E-state index >= 15 is 0 Å². The molecular formula is C14H19N5O. The largest absolute Gasteiger partial charge is 0.369 e. The molecule has 6 nitrogen and oxygen atoms in total. The van der Waals surface area contributed by atoms with Gasteiger partial charge >= 0.3 is 0 Å². The lowest BCUT2D eigenvalue weighted by molar-refractivity contribution is -0.121. The van der Waals surface area contributed by atoms with Crippen molar-refractivity contribution in [2.75, 3.05) is 25.0 Å². The van der Waals surface area contributed by atoms with Crippen molar-refractivity contribution in [3.05, 3.63) is 30.1 Å². The van der Waals surface area contributed by atoms with Gasteiger partial charge in [-0.3, -0.25) is 4.79 Å². The van der Waals surface area contributed by atoms with E-state index < -0.39 is 0 Å². The van der Waals surface area contributed by atoms with E-state index in [-0.39, 0.29) is 11.8 Å². The number of aromatic nitrogens is 2. The van der Waals surface area contributed by atoms with Crippen LogP contribution >= 0.6 is 0 Å². The van der Waals surface area contributed by atoms with Crippen LogP contribution in [0.5, 0.6) is 0 Å². The van der Waals surface area contributed by atoms with Gasteiger partial charge in [-0.2, -0.15) is 0 Å². The fourth-order valence-electron chi connectivity index (χ4n) is 2.80. The normalized spacial score (nSPS) is 18.9. The second kappa shape index (κ2) is 5.13. The summed E-state index contributed by atoms with van der Waals surface area (Å²) < 4.78 is 2.09. The molecular weight excluding hydrogens is 254 g/mol. The fraction of sp³-hybridized carbons (Fsp3) is 0.429. The minimum absolute atomic E-state index is 0.0674. The van der Waals surface area contributed by atoms with Crippen LogP contribution in [0.15, 0.2) is 24.4 Å². The standard InChI is InChI=1S/C14H19N5O/c1-16-8-11-14(17-12-4-2-3-6-19(11)12)18-7-5-10(9-18)13(15)20/h2-4,6,10,16H,5,7-9H2,1H3,(H2,15,20). The quantitative estimate of drug-likeness (QED) is 0.843. The highest BCUT2D eigenvalue weighted by molar-refractivity contribution is 5.78. The molecule has 3 N–H and O–H groups in total. The Balaban J connectivity index is 1.98. The second-order valence-electron chi connectivity index (χ2n) is 5.18. The Kier molecular flexibility index (Phi) is 3.31. The highest BCUT2D eigenvalue weighted by Gasteiger charge is 2.29. The van der Waals surface area contributed by atoms with Gasteiger partial charge in [0.2, 0.25) is 5.91 Å². The molecule has 0 aliphatic carbocycles. The Morgan fingerprint density at radius 2 is 2.40 bits per heavy atom. The van der Waals surface area contributed by atoms with E-state index in [0.29, 0.717) is 6.54 Å². The molecule has 1 aliphatic heterocycles. The Labute approximate surface area is 117 Å². The first-order valence-electron chi connectivity index (χ1n) is 6.85. The van der Waals surface area contributed by atoms with E-state index in [2.05, 4.69) is 14.6 Å². The predicted molar refractivity (Wildman–Crippen MR) is 77.5 cm³/mol. The third-order valence-electron chi connectivity index (χ3n) is 3.84. The number of fused-ring (bicyclic) bond motifs is 1. The molecule has 20 heavy (non-hydrogen) atoms. The number of carbonyl (C=O) groups excluding carboxylic acids is 1. The Hall–Kier alpha value is -2.08. The van der Waals surface area contributed by atoms with E-state index in [1.165, 1.54) is 0 Å². The molecule has 0 spiro atoms. The fourth-order valence-corrected chi connectivity index (χ4v) is 2.80. The molecule has 0 aromatic carbocycles. The van der Waals surface area contributed by atoms with Gasteiger partial charge in [0.15, 0.2) is 5.82 Å². The van der Waals surface area contributed by atoms with Gasteiger partial charge in [-0.1, -0.05) is 6.07 Å². The first-order valence-corrected chi connectivity index (χ1v) is 6.85. The first-order chi connectivity index (χ1) is 9.70. The predicted octanol–water partition coefficient (Wildman–Crippen LogP) is 0.365.